The highest BCUT2D eigenvalue weighted by Crippen LogP contribution is 2.37. The van der Waals surface area contributed by atoms with Gasteiger partial charge in [-0.15, -0.1) is 0 Å². The summed E-state index contributed by atoms with van der Waals surface area (Å²) in [6.07, 6.45) is 3.29. The summed E-state index contributed by atoms with van der Waals surface area (Å²) in [5.74, 6) is 0.637. The van der Waals surface area contributed by atoms with Crippen molar-refractivity contribution in [3.05, 3.63) is 47.2 Å². The molecule has 3 N–H and O–H groups in total. The molecule has 0 saturated heterocycles. The molecule has 0 atom stereocenters. The van der Waals surface area contributed by atoms with Crippen molar-refractivity contribution in [1.29, 1.82) is 0 Å². The average Bonchev–Trinajstić information content (AvgIpc) is 2.45. The molecule has 0 aliphatic carbocycles. The fraction of sp³-hybridized carbons (Fsp3) is 0.400. The normalized spacial score (nSPS) is 12.8. The minimum absolute atomic E-state index is 0.0242. The van der Waals surface area contributed by atoms with Gasteiger partial charge in [-0.05, 0) is 34.6 Å². The summed E-state index contributed by atoms with van der Waals surface area (Å²) in [4.78, 5) is 8.44. The smallest absolute Gasteiger partial charge is 0.149 e. The SMILES string of the molecule is CC(C)(C)c1cc(C=Nc2cccnc2N)c(O)c(C(C)(C)C)c1. The van der Waals surface area contributed by atoms with Crippen LogP contribution in [0.4, 0.5) is 11.5 Å². The van der Waals surface area contributed by atoms with E-state index in [2.05, 4.69) is 57.6 Å². The zero-order valence-electron chi connectivity index (χ0n) is 15.4. The molecule has 0 spiro atoms. The topological polar surface area (TPSA) is 71.5 Å². The van der Waals surface area contributed by atoms with Gasteiger partial charge in [0.15, 0.2) is 0 Å². The zero-order valence-corrected chi connectivity index (χ0v) is 15.4. The van der Waals surface area contributed by atoms with Crippen LogP contribution in [0.3, 0.4) is 0 Å². The third-order valence-electron chi connectivity index (χ3n) is 3.97. The molecule has 0 bridgehead atoms. The fourth-order valence-corrected chi connectivity index (χ4v) is 2.42. The van der Waals surface area contributed by atoms with Crippen molar-refractivity contribution in [2.45, 2.75) is 52.4 Å². The Labute approximate surface area is 144 Å². The van der Waals surface area contributed by atoms with E-state index in [1.807, 2.05) is 6.07 Å². The van der Waals surface area contributed by atoms with Gasteiger partial charge >= 0.3 is 0 Å². The number of aromatic hydroxyl groups is 1. The molecule has 2 rings (SSSR count). The molecule has 0 saturated carbocycles. The van der Waals surface area contributed by atoms with E-state index in [0.717, 1.165) is 11.1 Å². The van der Waals surface area contributed by atoms with Crippen LogP contribution in [-0.4, -0.2) is 16.3 Å². The third-order valence-corrected chi connectivity index (χ3v) is 3.97. The molecular weight excluding hydrogens is 298 g/mol. The van der Waals surface area contributed by atoms with Gasteiger partial charge in [0.2, 0.25) is 0 Å². The standard InChI is InChI=1S/C20H27N3O/c1-19(2,3)14-10-13(17(24)15(11-14)20(4,5)6)12-23-16-8-7-9-22-18(16)21/h7-12,24H,1-6H3,(H2,21,22). The van der Waals surface area contributed by atoms with E-state index >= 15 is 0 Å². The summed E-state index contributed by atoms with van der Waals surface area (Å²) in [5.41, 5.74) is 9.00. The molecule has 4 heteroatoms. The predicted molar refractivity (Wildman–Crippen MR) is 101 cm³/mol. The first-order valence-corrected chi connectivity index (χ1v) is 8.12. The van der Waals surface area contributed by atoms with Crippen molar-refractivity contribution in [1.82, 2.24) is 4.98 Å². The second-order valence-corrected chi connectivity index (χ2v) is 8.13. The fourth-order valence-electron chi connectivity index (χ4n) is 2.42. The molecule has 0 fully saturated rings. The van der Waals surface area contributed by atoms with Crippen molar-refractivity contribution in [3.63, 3.8) is 0 Å². The lowest BCUT2D eigenvalue weighted by Crippen LogP contribution is -2.17. The number of aliphatic imine (C=N–C) groups is 1. The van der Waals surface area contributed by atoms with Crippen LogP contribution in [0.2, 0.25) is 0 Å². The highest BCUT2D eigenvalue weighted by Gasteiger charge is 2.24. The Bertz CT molecular complexity index is 765. The van der Waals surface area contributed by atoms with Crippen LogP contribution >= 0.6 is 0 Å². The number of rotatable bonds is 2. The van der Waals surface area contributed by atoms with E-state index in [-0.39, 0.29) is 16.6 Å². The van der Waals surface area contributed by atoms with Gasteiger partial charge < -0.3 is 10.8 Å². The molecule has 24 heavy (non-hydrogen) atoms. The third kappa shape index (κ3) is 3.94. The minimum Gasteiger partial charge on any atom is -0.507 e. The number of nitrogens with zero attached hydrogens (tertiary/aromatic N) is 2. The average molecular weight is 325 g/mol. The number of nitrogen functional groups attached to an aromatic ring is 1. The summed E-state index contributed by atoms with van der Waals surface area (Å²) in [6, 6.07) is 7.66. The lowest BCUT2D eigenvalue weighted by Gasteiger charge is -2.26. The second kappa shape index (κ2) is 6.27. The maximum absolute atomic E-state index is 10.7. The van der Waals surface area contributed by atoms with Crippen LogP contribution < -0.4 is 5.73 Å². The van der Waals surface area contributed by atoms with Crippen LogP contribution in [0, 0.1) is 0 Å². The van der Waals surface area contributed by atoms with E-state index in [9.17, 15) is 5.11 Å². The largest absolute Gasteiger partial charge is 0.507 e. The van der Waals surface area contributed by atoms with Crippen LogP contribution in [-0.2, 0) is 10.8 Å². The van der Waals surface area contributed by atoms with Crippen molar-refractivity contribution < 1.29 is 5.11 Å². The molecule has 1 aromatic carbocycles. The Hall–Kier alpha value is -2.36. The van der Waals surface area contributed by atoms with E-state index < -0.39 is 0 Å². The molecular formula is C20H27N3O. The maximum Gasteiger partial charge on any atom is 0.149 e. The molecule has 1 aromatic heterocycles. The Kier molecular flexibility index (Phi) is 4.70. The van der Waals surface area contributed by atoms with Crippen molar-refractivity contribution >= 4 is 17.7 Å². The highest BCUT2D eigenvalue weighted by atomic mass is 16.3. The molecule has 2 aromatic rings. The van der Waals surface area contributed by atoms with Gasteiger partial charge in [-0.2, -0.15) is 0 Å². The Morgan fingerprint density at radius 2 is 1.75 bits per heavy atom. The van der Waals surface area contributed by atoms with Crippen LogP contribution in [0.5, 0.6) is 5.75 Å². The van der Waals surface area contributed by atoms with Crippen molar-refractivity contribution in [2.75, 3.05) is 5.73 Å². The van der Waals surface area contributed by atoms with E-state index in [0.29, 0.717) is 17.1 Å². The lowest BCUT2D eigenvalue weighted by molar-refractivity contribution is 0.444. The Morgan fingerprint density at radius 1 is 1.08 bits per heavy atom. The van der Waals surface area contributed by atoms with Gasteiger partial charge in [-0.25, -0.2) is 4.98 Å². The molecule has 0 aliphatic rings. The molecule has 0 amide bonds. The molecule has 128 valence electrons. The van der Waals surface area contributed by atoms with Crippen LogP contribution in [0.25, 0.3) is 0 Å². The number of phenolic OH excluding ortho intramolecular Hbond substituents is 1. The number of hydrogen-bond acceptors (Lipinski definition) is 4. The summed E-state index contributed by atoms with van der Waals surface area (Å²) < 4.78 is 0. The summed E-state index contributed by atoms with van der Waals surface area (Å²) in [6.45, 7) is 12.8. The van der Waals surface area contributed by atoms with Gasteiger partial charge in [0, 0.05) is 23.5 Å². The van der Waals surface area contributed by atoms with Crippen molar-refractivity contribution in [3.8, 4) is 5.75 Å². The van der Waals surface area contributed by atoms with E-state index in [1.54, 1.807) is 24.5 Å². The van der Waals surface area contributed by atoms with Crippen LogP contribution in [0.15, 0.2) is 35.5 Å². The number of phenols is 1. The monoisotopic (exact) mass is 325 g/mol. The molecule has 4 nitrogen and oxygen atoms in total. The first-order valence-electron chi connectivity index (χ1n) is 8.12. The second-order valence-electron chi connectivity index (χ2n) is 8.13. The molecule has 0 radical (unpaired) electrons. The molecule has 0 unspecified atom stereocenters. The predicted octanol–water partition coefficient (Wildman–Crippen LogP) is 4.72. The summed E-state index contributed by atoms with van der Waals surface area (Å²) >= 11 is 0. The van der Waals surface area contributed by atoms with E-state index in [4.69, 9.17) is 5.73 Å². The summed E-state index contributed by atoms with van der Waals surface area (Å²) in [7, 11) is 0. The van der Waals surface area contributed by atoms with Gasteiger partial charge in [-0.1, -0.05) is 47.6 Å². The van der Waals surface area contributed by atoms with Gasteiger partial charge in [-0.3, -0.25) is 4.99 Å². The highest BCUT2D eigenvalue weighted by molar-refractivity contribution is 5.87. The van der Waals surface area contributed by atoms with Gasteiger partial charge in [0.1, 0.15) is 17.3 Å². The number of nitrogens with two attached hydrogens (primary N) is 1. The van der Waals surface area contributed by atoms with Crippen molar-refractivity contribution in [2.24, 2.45) is 4.99 Å². The number of anilines is 1. The van der Waals surface area contributed by atoms with E-state index in [1.165, 1.54) is 0 Å². The number of pyridine rings is 1. The lowest BCUT2D eigenvalue weighted by atomic mass is 9.79. The number of aromatic nitrogens is 1. The Balaban J connectivity index is 2.59. The molecule has 0 aliphatic heterocycles. The molecule has 1 heterocycles. The zero-order chi connectivity index (χ0) is 18.1. The summed E-state index contributed by atoms with van der Waals surface area (Å²) in [5, 5.41) is 10.7. The van der Waals surface area contributed by atoms with Crippen LogP contribution in [0.1, 0.15) is 58.2 Å². The van der Waals surface area contributed by atoms with Gasteiger partial charge in [0.25, 0.3) is 0 Å². The van der Waals surface area contributed by atoms with Gasteiger partial charge in [0.05, 0.1) is 0 Å². The first-order chi connectivity index (χ1) is 11.0. The first kappa shape index (κ1) is 18.0. The number of benzene rings is 1. The minimum atomic E-state index is -0.165. The Morgan fingerprint density at radius 3 is 2.29 bits per heavy atom. The quantitative estimate of drug-likeness (QED) is 0.785. The maximum atomic E-state index is 10.7. The number of hydrogen-bond donors (Lipinski definition) is 2.